The fraction of sp³-hybridized carbons (Fsp3) is 0.650. The predicted octanol–water partition coefficient (Wildman–Crippen LogP) is 1.96. The lowest BCUT2D eigenvalue weighted by Gasteiger charge is -2.48. The molecule has 4 rings (SSSR count). The fourth-order valence-corrected chi connectivity index (χ4v) is 4.31. The van der Waals surface area contributed by atoms with Crippen LogP contribution >= 0.6 is 0 Å². The number of nitrogens with one attached hydrogen (secondary N) is 1. The van der Waals surface area contributed by atoms with Crippen molar-refractivity contribution >= 4 is 6.03 Å². The Hall–Kier alpha value is -1.59. The van der Waals surface area contributed by atoms with E-state index in [0.717, 1.165) is 32.1 Å². The Morgan fingerprint density at radius 3 is 2.44 bits per heavy atom. The van der Waals surface area contributed by atoms with Crippen LogP contribution in [0.25, 0.3) is 0 Å². The van der Waals surface area contributed by atoms with Gasteiger partial charge in [0.25, 0.3) is 0 Å². The zero-order valence-corrected chi connectivity index (χ0v) is 15.4. The minimum atomic E-state index is 0.147. The highest BCUT2D eigenvalue weighted by molar-refractivity contribution is 5.74. The van der Waals surface area contributed by atoms with Gasteiger partial charge in [0.2, 0.25) is 0 Å². The Labute approximate surface area is 151 Å². The minimum Gasteiger partial charge on any atom is -0.331 e. The zero-order chi connectivity index (χ0) is 17.4. The number of hydrogen-bond acceptors (Lipinski definition) is 3. The van der Waals surface area contributed by atoms with Gasteiger partial charge >= 0.3 is 6.03 Å². The molecule has 136 valence electrons. The van der Waals surface area contributed by atoms with Gasteiger partial charge in [-0.1, -0.05) is 30.3 Å². The van der Waals surface area contributed by atoms with Crippen LogP contribution in [0.15, 0.2) is 30.3 Å². The van der Waals surface area contributed by atoms with E-state index in [9.17, 15) is 4.79 Å². The second-order valence-corrected chi connectivity index (χ2v) is 8.07. The Morgan fingerprint density at radius 1 is 1.12 bits per heavy atom. The van der Waals surface area contributed by atoms with Crippen molar-refractivity contribution in [3.8, 4) is 0 Å². The van der Waals surface area contributed by atoms with E-state index in [1.165, 1.54) is 24.8 Å². The van der Waals surface area contributed by atoms with Gasteiger partial charge in [0.15, 0.2) is 0 Å². The Bertz CT molecular complexity index is 591. The average molecular weight is 342 g/mol. The summed E-state index contributed by atoms with van der Waals surface area (Å²) in [7, 11) is 3.65. The van der Waals surface area contributed by atoms with Crippen LogP contribution in [-0.4, -0.2) is 79.1 Å². The number of benzene rings is 1. The van der Waals surface area contributed by atoms with Gasteiger partial charge in [0.1, 0.15) is 0 Å². The Morgan fingerprint density at radius 2 is 1.80 bits per heavy atom. The first-order valence-electron chi connectivity index (χ1n) is 9.63. The Balaban J connectivity index is 1.17. The van der Waals surface area contributed by atoms with E-state index in [-0.39, 0.29) is 6.03 Å². The number of rotatable bonds is 4. The van der Waals surface area contributed by atoms with Crippen LogP contribution < -0.4 is 5.32 Å². The van der Waals surface area contributed by atoms with E-state index in [1.54, 1.807) is 4.90 Å². The van der Waals surface area contributed by atoms with Crippen LogP contribution in [0, 0.1) is 0 Å². The maximum absolute atomic E-state index is 11.9. The molecule has 5 heteroatoms. The topological polar surface area (TPSA) is 38.8 Å². The molecule has 1 aliphatic carbocycles. The summed E-state index contributed by atoms with van der Waals surface area (Å²) in [6.07, 6.45) is 3.75. The molecule has 0 aromatic heterocycles. The highest BCUT2D eigenvalue weighted by atomic mass is 16.2. The predicted molar refractivity (Wildman–Crippen MR) is 99.8 cm³/mol. The van der Waals surface area contributed by atoms with Gasteiger partial charge in [-0.3, -0.25) is 4.90 Å². The SMILES string of the molecule is CN(C)C(=O)N1CC(N2CCC(N[C@@H]3C[C@H]3c3ccccc3)CC2)C1. The van der Waals surface area contributed by atoms with E-state index in [2.05, 4.69) is 40.5 Å². The molecule has 2 aliphatic heterocycles. The van der Waals surface area contributed by atoms with Crippen molar-refractivity contribution in [3.63, 3.8) is 0 Å². The largest absolute Gasteiger partial charge is 0.331 e. The lowest BCUT2D eigenvalue weighted by atomic mass is 9.99. The number of amides is 2. The van der Waals surface area contributed by atoms with Crippen LogP contribution in [0.4, 0.5) is 4.79 Å². The van der Waals surface area contributed by atoms with Crippen LogP contribution in [0.5, 0.6) is 0 Å². The molecule has 1 aromatic rings. The number of nitrogens with zero attached hydrogens (tertiary/aromatic N) is 3. The standard InChI is InChI=1S/C20H30N4O/c1-22(2)20(25)24-13-17(14-24)23-10-8-16(9-11-23)21-19-12-18(19)15-6-4-3-5-7-15/h3-7,16-19,21H,8-14H2,1-2H3/t18-,19+/m0/s1. The number of carbonyl (C=O) groups excluding carboxylic acids is 1. The number of hydrogen-bond donors (Lipinski definition) is 1. The lowest BCUT2D eigenvalue weighted by Crippen LogP contribution is -2.64. The van der Waals surface area contributed by atoms with Crippen molar-refractivity contribution in [1.29, 1.82) is 0 Å². The molecule has 0 radical (unpaired) electrons. The molecule has 2 saturated heterocycles. The molecule has 1 aromatic carbocycles. The van der Waals surface area contributed by atoms with E-state index in [4.69, 9.17) is 0 Å². The average Bonchev–Trinajstić information content (AvgIpc) is 3.35. The van der Waals surface area contributed by atoms with Gasteiger partial charge in [-0.2, -0.15) is 0 Å². The van der Waals surface area contributed by atoms with Crippen molar-refractivity contribution in [2.24, 2.45) is 0 Å². The van der Waals surface area contributed by atoms with Gasteiger partial charge in [-0.25, -0.2) is 4.79 Å². The molecule has 2 amide bonds. The first kappa shape index (κ1) is 16.9. The van der Waals surface area contributed by atoms with Crippen LogP contribution in [-0.2, 0) is 0 Å². The molecule has 3 aliphatic rings. The molecule has 0 bridgehead atoms. The van der Waals surface area contributed by atoms with Crippen molar-refractivity contribution < 1.29 is 4.79 Å². The van der Waals surface area contributed by atoms with Crippen molar-refractivity contribution in [1.82, 2.24) is 20.0 Å². The van der Waals surface area contributed by atoms with E-state index >= 15 is 0 Å². The number of piperidine rings is 1. The van der Waals surface area contributed by atoms with E-state index in [1.807, 2.05) is 19.0 Å². The molecular weight excluding hydrogens is 312 g/mol. The summed E-state index contributed by atoms with van der Waals surface area (Å²) in [6, 6.07) is 13.0. The quantitative estimate of drug-likeness (QED) is 0.909. The van der Waals surface area contributed by atoms with Gasteiger partial charge in [-0.05, 0) is 24.8 Å². The van der Waals surface area contributed by atoms with Crippen LogP contribution in [0.3, 0.4) is 0 Å². The van der Waals surface area contributed by atoms with Crippen LogP contribution in [0.1, 0.15) is 30.7 Å². The maximum Gasteiger partial charge on any atom is 0.319 e. The first-order valence-corrected chi connectivity index (χ1v) is 9.63. The van der Waals surface area contributed by atoms with Gasteiger partial charge < -0.3 is 15.1 Å². The molecule has 25 heavy (non-hydrogen) atoms. The maximum atomic E-state index is 11.9. The summed E-state index contributed by atoms with van der Waals surface area (Å²) in [5, 5.41) is 3.88. The van der Waals surface area contributed by atoms with E-state index < -0.39 is 0 Å². The molecule has 1 N–H and O–H groups in total. The normalized spacial score (nSPS) is 27.8. The van der Waals surface area contributed by atoms with Crippen LogP contribution in [0.2, 0.25) is 0 Å². The number of urea groups is 1. The fourth-order valence-electron chi connectivity index (χ4n) is 4.31. The monoisotopic (exact) mass is 342 g/mol. The Kier molecular flexibility index (Phi) is 4.69. The third-order valence-electron chi connectivity index (χ3n) is 6.03. The first-order chi connectivity index (χ1) is 12.1. The third kappa shape index (κ3) is 3.67. The molecule has 0 unspecified atom stereocenters. The summed E-state index contributed by atoms with van der Waals surface area (Å²) in [6.45, 7) is 4.12. The second-order valence-electron chi connectivity index (χ2n) is 8.07. The smallest absolute Gasteiger partial charge is 0.319 e. The zero-order valence-electron chi connectivity index (χ0n) is 15.4. The minimum absolute atomic E-state index is 0.147. The lowest BCUT2D eigenvalue weighted by molar-refractivity contribution is 0.0318. The third-order valence-corrected chi connectivity index (χ3v) is 6.03. The molecule has 2 atom stereocenters. The molecule has 2 heterocycles. The summed E-state index contributed by atoms with van der Waals surface area (Å²) < 4.78 is 0. The van der Waals surface area contributed by atoms with Gasteiger partial charge in [-0.15, -0.1) is 0 Å². The van der Waals surface area contributed by atoms with Gasteiger partial charge in [0, 0.05) is 64.3 Å². The summed E-state index contributed by atoms with van der Waals surface area (Å²) in [5.41, 5.74) is 1.48. The highest BCUT2D eigenvalue weighted by Crippen LogP contribution is 2.41. The summed E-state index contributed by atoms with van der Waals surface area (Å²) >= 11 is 0. The molecule has 1 saturated carbocycles. The number of likely N-dealkylation sites (tertiary alicyclic amines) is 2. The van der Waals surface area contributed by atoms with E-state index in [0.29, 0.717) is 18.1 Å². The second kappa shape index (κ2) is 6.96. The molecular formula is C20H30N4O. The highest BCUT2D eigenvalue weighted by Gasteiger charge is 2.41. The molecule has 3 fully saturated rings. The molecule has 5 nitrogen and oxygen atoms in total. The van der Waals surface area contributed by atoms with Crippen molar-refractivity contribution in [3.05, 3.63) is 35.9 Å². The van der Waals surface area contributed by atoms with Gasteiger partial charge in [0.05, 0.1) is 0 Å². The summed E-state index contributed by atoms with van der Waals surface area (Å²) in [4.78, 5) is 18.1. The van der Waals surface area contributed by atoms with Crippen molar-refractivity contribution in [2.75, 3.05) is 40.3 Å². The number of carbonyl (C=O) groups is 1. The summed E-state index contributed by atoms with van der Waals surface area (Å²) in [5.74, 6) is 0.719. The molecule has 0 spiro atoms. The van der Waals surface area contributed by atoms with Crippen molar-refractivity contribution in [2.45, 2.75) is 43.3 Å².